The van der Waals surface area contributed by atoms with Crippen molar-refractivity contribution in [3.8, 4) is 0 Å². The lowest BCUT2D eigenvalue weighted by atomic mass is 10.1. The quantitative estimate of drug-likeness (QED) is 0.731. The van der Waals surface area contributed by atoms with Crippen molar-refractivity contribution in [2.24, 2.45) is 0 Å². The molecule has 2 N–H and O–H groups in total. The molecule has 0 unspecified atom stereocenters. The van der Waals surface area contributed by atoms with Gasteiger partial charge in [0.05, 0.1) is 0 Å². The molecular weight excluding hydrogens is 383 g/mol. The molecule has 0 aliphatic heterocycles. The summed E-state index contributed by atoms with van der Waals surface area (Å²) >= 11 is 12.6. The molecule has 0 aliphatic rings. The topological polar surface area (TPSA) is 101 Å². The van der Waals surface area contributed by atoms with Gasteiger partial charge in [-0.25, -0.2) is 13.1 Å². The maximum Gasteiger partial charge on any atom is 0.269 e. The van der Waals surface area contributed by atoms with Gasteiger partial charge in [-0.1, -0.05) is 40.6 Å². The number of aromatic nitrogens is 2. The van der Waals surface area contributed by atoms with Gasteiger partial charge in [0.1, 0.15) is 0 Å². The zero-order chi connectivity index (χ0) is 17.0. The zero-order valence-electron chi connectivity index (χ0n) is 11.8. The number of sulfonamides is 1. The first kappa shape index (κ1) is 18.1. The van der Waals surface area contributed by atoms with Crippen LogP contribution in [0.2, 0.25) is 10.0 Å². The fourth-order valence-corrected chi connectivity index (χ4v) is 4.15. The Bertz CT molecular complexity index is 823. The van der Waals surface area contributed by atoms with E-state index in [2.05, 4.69) is 20.2 Å². The first-order valence-electron chi connectivity index (χ1n) is 6.32. The number of carbonyl (C=O) groups excluding carboxylic acids is 1. The molecule has 1 amide bonds. The summed E-state index contributed by atoms with van der Waals surface area (Å²) in [4.78, 5) is 10.9. The third-order valence-corrected chi connectivity index (χ3v) is 5.87. The highest BCUT2D eigenvalue weighted by Gasteiger charge is 2.20. The average molecular weight is 395 g/mol. The van der Waals surface area contributed by atoms with Gasteiger partial charge in [-0.3, -0.25) is 4.79 Å². The van der Waals surface area contributed by atoms with E-state index in [1.807, 2.05) is 0 Å². The van der Waals surface area contributed by atoms with Crippen LogP contribution < -0.4 is 10.0 Å². The van der Waals surface area contributed by atoms with E-state index in [-0.39, 0.29) is 21.9 Å². The van der Waals surface area contributed by atoms with Gasteiger partial charge in [-0.05, 0) is 24.1 Å². The fourth-order valence-electron chi connectivity index (χ4n) is 1.63. The monoisotopic (exact) mass is 394 g/mol. The van der Waals surface area contributed by atoms with Crippen molar-refractivity contribution >= 4 is 55.6 Å². The van der Waals surface area contributed by atoms with Crippen molar-refractivity contribution in [3.63, 3.8) is 0 Å². The molecule has 0 bridgehead atoms. The highest BCUT2D eigenvalue weighted by atomic mass is 35.5. The molecule has 0 aliphatic carbocycles. The van der Waals surface area contributed by atoms with E-state index in [4.69, 9.17) is 23.2 Å². The van der Waals surface area contributed by atoms with E-state index >= 15 is 0 Å². The first-order valence-corrected chi connectivity index (χ1v) is 9.38. The fraction of sp³-hybridized carbons (Fsp3) is 0.250. The lowest BCUT2D eigenvalue weighted by Crippen LogP contribution is -2.26. The van der Waals surface area contributed by atoms with Crippen LogP contribution in [0.25, 0.3) is 0 Å². The molecule has 0 atom stereocenters. The zero-order valence-corrected chi connectivity index (χ0v) is 15.0. The lowest BCUT2D eigenvalue weighted by molar-refractivity contribution is -0.114. The summed E-state index contributed by atoms with van der Waals surface area (Å²) in [5.74, 6) is -0.351. The molecule has 7 nitrogen and oxygen atoms in total. The summed E-state index contributed by atoms with van der Waals surface area (Å²) in [6.45, 7) is 1.43. The Hall–Kier alpha value is -1.26. The van der Waals surface area contributed by atoms with Crippen LogP contribution in [0.15, 0.2) is 22.5 Å². The molecule has 0 saturated heterocycles. The minimum absolute atomic E-state index is 0.124. The van der Waals surface area contributed by atoms with Crippen LogP contribution in [0.5, 0.6) is 0 Å². The van der Waals surface area contributed by atoms with E-state index in [0.717, 1.165) is 16.9 Å². The molecule has 1 aromatic heterocycles. The van der Waals surface area contributed by atoms with Crippen molar-refractivity contribution < 1.29 is 13.2 Å². The molecule has 124 valence electrons. The Morgan fingerprint density at radius 3 is 2.70 bits per heavy atom. The first-order chi connectivity index (χ1) is 10.8. The number of benzene rings is 1. The van der Waals surface area contributed by atoms with Gasteiger partial charge in [-0.2, -0.15) is 0 Å². The molecular formula is C12H12Cl2N4O3S2. The predicted octanol–water partition coefficient (Wildman–Crippen LogP) is 2.32. The van der Waals surface area contributed by atoms with Crippen molar-refractivity contribution in [3.05, 3.63) is 33.8 Å². The number of hydrogen-bond acceptors (Lipinski definition) is 6. The normalized spacial score (nSPS) is 11.4. The van der Waals surface area contributed by atoms with Crippen molar-refractivity contribution in [2.75, 3.05) is 11.9 Å². The number of anilines is 1. The third-order valence-electron chi connectivity index (χ3n) is 2.62. The molecule has 2 aromatic rings. The SMILES string of the molecule is CC(=O)Nc1nnc(S(=O)(=O)NCCc2ccc(Cl)cc2Cl)s1. The Balaban J connectivity index is 1.98. The number of hydrogen-bond donors (Lipinski definition) is 2. The van der Waals surface area contributed by atoms with Gasteiger partial charge in [0, 0.05) is 23.5 Å². The standard InChI is InChI=1S/C12H12Cl2N4O3S2/c1-7(19)16-11-17-18-12(22-11)23(20,21)15-5-4-8-2-3-9(13)6-10(8)14/h2-3,6,15H,4-5H2,1H3,(H,16,17,19). The predicted molar refractivity (Wildman–Crippen MR) is 89.6 cm³/mol. The smallest absolute Gasteiger partial charge is 0.269 e. The lowest BCUT2D eigenvalue weighted by Gasteiger charge is -2.06. The molecule has 0 saturated carbocycles. The number of rotatable bonds is 6. The molecule has 2 rings (SSSR count). The Morgan fingerprint density at radius 1 is 1.30 bits per heavy atom. The molecule has 0 spiro atoms. The van der Waals surface area contributed by atoms with Gasteiger partial charge in [-0.15, -0.1) is 10.2 Å². The van der Waals surface area contributed by atoms with Gasteiger partial charge in [0.15, 0.2) is 0 Å². The van der Waals surface area contributed by atoms with E-state index in [1.54, 1.807) is 18.2 Å². The summed E-state index contributed by atoms with van der Waals surface area (Å²) in [7, 11) is -3.79. The highest BCUT2D eigenvalue weighted by molar-refractivity contribution is 7.91. The Morgan fingerprint density at radius 2 is 2.04 bits per heavy atom. The summed E-state index contributed by atoms with van der Waals surface area (Å²) in [6.07, 6.45) is 0.395. The van der Waals surface area contributed by atoms with Crippen molar-refractivity contribution in [1.29, 1.82) is 0 Å². The number of nitrogens with one attached hydrogen (secondary N) is 2. The summed E-state index contributed by atoms with van der Waals surface area (Å²) in [5.41, 5.74) is 0.773. The van der Waals surface area contributed by atoms with Gasteiger partial charge in [0.2, 0.25) is 15.4 Å². The van der Waals surface area contributed by atoms with Crippen LogP contribution in [0.4, 0.5) is 5.13 Å². The van der Waals surface area contributed by atoms with Gasteiger partial charge in [0.25, 0.3) is 10.0 Å². The van der Waals surface area contributed by atoms with Crippen LogP contribution in [-0.2, 0) is 21.2 Å². The number of amides is 1. The third kappa shape index (κ3) is 5.11. The van der Waals surface area contributed by atoms with E-state index in [1.165, 1.54) is 6.92 Å². The van der Waals surface area contributed by atoms with Crippen LogP contribution in [0, 0.1) is 0 Å². The van der Waals surface area contributed by atoms with Crippen LogP contribution in [0.1, 0.15) is 12.5 Å². The van der Waals surface area contributed by atoms with Crippen molar-refractivity contribution in [1.82, 2.24) is 14.9 Å². The van der Waals surface area contributed by atoms with Crippen LogP contribution >= 0.6 is 34.5 Å². The summed E-state index contributed by atoms with van der Waals surface area (Å²) < 4.78 is 26.4. The minimum atomic E-state index is -3.79. The van der Waals surface area contributed by atoms with Gasteiger partial charge < -0.3 is 5.32 Å². The minimum Gasteiger partial charge on any atom is -0.301 e. The second-order valence-corrected chi connectivity index (χ2v) is 8.20. The number of nitrogens with zero attached hydrogens (tertiary/aromatic N) is 2. The largest absolute Gasteiger partial charge is 0.301 e. The van der Waals surface area contributed by atoms with E-state index in [0.29, 0.717) is 16.5 Å². The average Bonchev–Trinajstić information content (AvgIpc) is 2.89. The molecule has 11 heteroatoms. The van der Waals surface area contributed by atoms with Gasteiger partial charge >= 0.3 is 0 Å². The summed E-state index contributed by atoms with van der Waals surface area (Å²) in [6, 6.07) is 5.01. The summed E-state index contributed by atoms with van der Waals surface area (Å²) in [5, 5.41) is 10.6. The van der Waals surface area contributed by atoms with E-state index in [9.17, 15) is 13.2 Å². The second kappa shape index (κ2) is 7.54. The second-order valence-electron chi connectivity index (χ2n) is 4.44. The molecule has 0 radical (unpaired) electrons. The molecule has 0 fully saturated rings. The number of halogens is 2. The highest BCUT2D eigenvalue weighted by Crippen LogP contribution is 2.22. The van der Waals surface area contributed by atoms with Crippen molar-refractivity contribution in [2.45, 2.75) is 17.7 Å². The Labute approximate surface area is 147 Å². The Kier molecular flexibility index (Phi) is 5.93. The van der Waals surface area contributed by atoms with E-state index < -0.39 is 10.0 Å². The molecule has 1 heterocycles. The molecule has 1 aromatic carbocycles. The maximum atomic E-state index is 12.1. The number of carbonyl (C=O) groups is 1. The molecule has 23 heavy (non-hydrogen) atoms. The van der Waals surface area contributed by atoms with Crippen LogP contribution in [-0.4, -0.2) is 31.1 Å². The van der Waals surface area contributed by atoms with Crippen LogP contribution in [0.3, 0.4) is 0 Å². The maximum absolute atomic E-state index is 12.1.